The summed E-state index contributed by atoms with van der Waals surface area (Å²) < 4.78 is 11.1. The maximum Gasteiger partial charge on any atom is 0.269 e. The molecule has 3 aromatic carbocycles. The van der Waals surface area contributed by atoms with Gasteiger partial charge in [0.1, 0.15) is 18.1 Å². The molecule has 0 aromatic heterocycles. The van der Waals surface area contributed by atoms with Crippen LogP contribution in [-0.4, -0.2) is 18.2 Å². The molecule has 1 N–H and O–H groups in total. The number of para-hydroxylation sites is 1. The first kappa shape index (κ1) is 19.9. The van der Waals surface area contributed by atoms with Gasteiger partial charge in [-0.15, -0.1) is 0 Å². The first-order chi connectivity index (χ1) is 14.2. The van der Waals surface area contributed by atoms with Crippen LogP contribution < -0.4 is 14.9 Å². The fraction of sp³-hybridized carbons (Fsp3) is 0.136. The molecule has 0 saturated carbocycles. The summed E-state index contributed by atoms with van der Waals surface area (Å²) in [7, 11) is 1.64. The molecule has 29 heavy (non-hydrogen) atoms. The van der Waals surface area contributed by atoms with Gasteiger partial charge in [-0.05, 0) is 41.5 Å². The van der Waals surface area contributed by atoms with E-state index in [2.05, 4.69) is 10.5 Å². The molecule has 0 aliphatic heterocycles. The number of hydrogen-bond acceptors (Lipinski definition) is 6. The molecule has 0 unspecified atom stereocenters. The summed E-state index contributed by atoms with van der Waals surface area (Å²) >= 11 is 0. The first-order valence-electron chi connectivity index (χ1n) is 9.00. The zero-order valence-electron chi connectivity index (χ0n) is 15.9. The molecular formula is C22H21N3O4. The Labute approximate surface area is 168 Å². The Hall–Kier alpha value is -3.87. The van der Waals surface area contributed by atoms with Gasteiger partial charge in [0.2, 0.25) is 0 Å². The summed E-state index contributed by atoms with van der Waals surface area (Å²) in [5, 5.41) is 14.9. The second-order valence-corrected chi connectivity index (χ2v) is 6.19. The SMILES string of the molecule is COc1ccccc1CN/N=C\c1cccc(OCc2ccc([N+](=O)[O-])cc2)c1. The number of nitrogens with one attached hydrogen (secondary N) is 1. The summed E-state index contributed by atoms with van der Waals surface area (Å²) in [6.07, 6.45) is 1.72. The summed E-state index contributed by atoms with van der Waals surface area (Å²) in [6.45, 7) is 0.876. The number of non-ortho nitro benzene ring substituents is 1. The fourth-order valence-corrected chi connectivity index (χ4v) is 2.67. The molecule has 0 bridgehead atoms. The lowest BCUT2D eigenvalue weighted by molar-refractivity contribution is -0.384. The molecule has 0 aliphatic rings. The summed E-state index contributed by atoms with van der Waals surface area (Å²) in [4.78, 5) is 10.3. The average Bonchev–Trinajstić information content (AvgIpc) is 2.76. The number of nitrogens with zero attached hydrogens (tertiary/aromatic N) is 2. The van der Waals surface area contributed by atoms with E-state index in [0.717, 1.165) is 22.4 Å². The molecule has 0 aliphatic carbocycles. The van der Waals surface area contributed by atoms with Gasteiger partial charge in [-0.2, -0.15) is 5.10 Å². The Balaban J connectivity index is 1.53. The van der Waals surface area contributed by atoms with Gasteiger partial charge in [0.25, 0.3) is 5.69 Å². The van der Waals surface area contributed by atoms with E-state index in [1.165, 1.54) is 12.1 Å². The normalized spacial score (nSPS) is 10.7. The largest absolute Gasteiger partial charge is 0.496 e. The highest BCUT2D eigenvalue weighted by atomic mass is 16.6. The number of hydrogen-bond donors (Lipinski definition) is 1. The minimum atomic E-state index is -0.421. The maximum absolute atomic E-state index is 10.7. The van der Waals surface area contributed by atoms with Crippen molar-refractivity contribution in [2.45, 2.75) is 13.2 Å². The monoisotopic (exact) mass is 391 g/mol. The van der Waals surface area contributed by atoms with E-state index < -0.39 is 4.92 Å². The summed E-state index contributed by atoms with van der Waals surface area (Å²) in [6, 6.07) is 21.6. The van der Waals surface area contributed by atoms with Crippen LogP contribution in [0.2, 0.25) is 0 Å². The quantitative estimate of drug-likeness (QED) is 0.334. The lowest BCUT2D eigenvalue weighted by Crippen LogP contribution is -2.06. The van der Waals surface area contributed by atoms with E-state index in [1.807, 2.05) is 48.5 Å². The number of benzene rings is 3. The van der Waals surface area contributed by atoms with Gasteiger partial charge >= 0.3 is 0 Å². The van der Waals surface area contributed by atoms with E-state index in [9.17, 15) is 10.1 Å². The minimum absolute atomic E-state index is 0.0626. The molecule has 0 saturated heterocycles. The average molecular weight is 391 g/mol. The predicted octanol–water partition coefficient (Wildman–Crippen LogP) is 4.31. The van der Waals surface area contributed by atoms with Gasteiger partial charge in [0.05, 0.1) is 24.8 Å². The molecule has 3 rings (SSSR count). The van der Waals surface area contributed by atoms with Crippen molar-refractivity contribution in [3.8, 4) is 11.5 Å². The standard InChI is InChI=1S/C22H21N3O4/c1-28-22-8-3-2-6-19(22)15-24-23-14-18-5-4-7-21(13-18)29-16-17-9-11-20(12-10-17)25(26)27/h2-14,24H,15-16H2,1H3/b23-14-. The van der Waals surface area contributed by atoms with Crippen LogP contribution >= 0.6 is 0 Å². The third-order valence-corrected chi connectivity index (χ3v) is 4.18. The lowest BCUT2D eigenvalue weighted by Gasteiger charge is -2.08. The van der Waals surface area contributed by atoms with Crippen molar-refractivity contribution in [3.63, 3.8) is 0 Å². The summed E-state index contributed by atoms with van der Waals surface area (Å²) in [5.74, 6) is 1.51. The maximum atomic E-state index is 10.7. The zero-order chi connectivity index (χ0) is 20.5. The molecule has 0 heterocycles. The van der Waals surface area contributed by atoms with Crippen LogP contribution in [0.5, 0.6) is 11.5 Å². The Kier molecular flexibility index (Phi) is 6.78. The predicted molar refractivity (Wildman–Crippen MR) is 111 cm³/mol. The molecule has 7 nitrogen and oxygen atoms in total. The van der Waals surface area contributed by atoms with Crippen LogP contribution in [0, 0.1) is 10.1 Å². The van der Waals surface area contributed by atoms with Gasteiger partial charge in [-0.25, -0.2) is 0 Å². The number of methoxy groups -OCH3 is 1. The van der Waals surface area contributed by atoms with Gasteiger partial charge in [-0.1, -0.05) is 30.3 Å². The van der Waals surface area contributed by atoms with E-state index in [-0.39, 0.29) is 5.69 Å². The Morgan fingerprint density at radius 1 is 1.07 bits per heavy atom. The van der Waals surface area contributed by atoms with E-state index >= 15 is 0 Å². The van der Waals surface area contributed by atoms with Crippen LogP contribution in [0.15, 0.2) is 77.9 Å². The highest BCUT2D eigenvalue weighted by molar-refractivity contribution is 5.79. The van der Waals surface area contributed by atoms with E-state index in [0.29, 0.717) is 18.9 Å². The van der Waals surface area contributed by atoms with Crippen molar-refractivity contribution >= 4 is 11.9 Å². The number of hydrazone groups is 1. The second kappa shape index (κ2) is 9.89. The minimum Gasteiger partial charge on any atom is -0.496 e. The van der Waals surface area contributed by atoms with Gasteiger partial charge < -0.3 is 14.9 Å². The van der Waals surface area contributed by atoms with Crippen LogP contribution in [0.4, 0.5) is 5.69 Å². The Bertz CT molecular complexity index is 987. The van der Waals surface area contributed by atoms with E-state index in [1.54, 1.807) is 25.5 Å². The topological polar surface area (TPSA) is 86.0 Å². The number of ether oxygens (including phenoxy) is 2. The van der Waals surface area contributed by atoms with Crippen LogP contribution in [0.1, 0.15) is 16.7 Å². The van der Waals surface area contributed by atoms with Crippen molar-refractivity contribution in [2.24, 2.45) is 5.10 Å². The highest BCUT2D eigenvalue weighted by Crippen LogP contribution is 2.18. The smallest absolute Gasteiger partial charge is 0.269 e. The molecule has 0 atom stereocenters. The highest BCUT2D eigenvalue weighted by Gasteiger charge is 2.04. The van der Waals surface area contributed by atoms with Gasteiger partial charge in [0, 0.05) is 17.7 Å². The van der Waals surface area contributed by atoms with Crippen molar-refractivity contribution < 1.29 is 14.4 Å². The number of nitro benzene ring substituents is 1. The van der Waals surface area contributed by atoms with Crippen LogP contribution in [0.3, 0.4) is 0 Å². The first-order valence-corrected chi connectivity index (χ1v) is 9.00. The lowest BCUT2D eigenvalue weighted by atomic mass is 10.2. The molecule has 148 valence electrons. The number of nitro groups is 1. The molecule has 0 fully saturated rings. The molecule has 0 amide bonds. The van der Waals surface area contributed by atoms with Crippen molar-refractivity contribution in [1.82, 2.24) is 5.43 Å². The van der Waals surface area contributed by atoms with Gasteiger partial charge in [-0.3, -0.25) is 10.1 Å². The van der Waals surface area contributed by atoms with Crippen LogP contribution in [-0.2, 0) is 13.2 Å². The Morgan fingerprint density at radius 2 is 1.86 bits per heavy atom. The fourth-order valence-electron chi connectivity index (χ4n) is 2.67. The van der Waals surface area contributed by atoms with Crippen molar-refractivity contribution in [1.29, 1.82) is 0 Å². The van der Waals surface area contributed by atoms with Crippen molar-refractivity contribution in [3.05, 3.63) is 99.6 Å². The zero-order valence-corrected chi connectivity index (χ0v) is 15.9. The van der Waals surface area contributed by atoms with Crippen LogP contribution in [0.25, 0.3) is 0 Å². The number of rotatable bonds is 9. The van der Waals surface area contributed by atoms with E-state index in [4.69, 9.17) is 9.47 Å². The second-order valence-electron chi connectivity index (χ2n) is 6.19. The van der Waals surface area contributed by atoms with Gasteiger partial charge in [0.15, 0.2) is 0 Å². The molecule has 0 radical (unpaired) electrons. The third kappa shape index (κ3) is 5.80. The Morgan fingerprint density at radius 3 is 2.62 bits per heavy atom. The van der Waals surface area contributed by atoms with Crippen molar-refractivity contribution in [2.75, 3.05) is 7.11 Å². The summed E-state index contributed by atoms with van der Waals surface area (Å²) in [5.41, 5.74) is 5.84. The molecule has 3 aromatic rings. The molecule has 0 spiro atoms. The molecule has 7 heteroatoms. The molecular weight excluding hydrogens is 370 g/mol. The third-order valence-electron chi connectivity index (χ3n) is 4.18.